The fourth-order valence-electron chi connectivity index (χ4n) is 3.33. The molecule has 1 aliphatic heterocycles. The average Bonchev–Trinajstić information content (AvgIpc) is 3.20. The van der Waals surface area contributed by atoms with E-state index >= 15 is 0 Å². The lowest BCUT2D eigenvalue weighted by Crippen LogP contribution is -2.36. The van der Waals surface area contributed by atoms with Gasteiger partial charge in [0.1, 0.15) is 0 Å². The van der Waals surface area contributed by atoms with Gasteiger partial charge in [0.25, 0.3) is 0 Å². The van der Waals surface area contributed by atoms with E-state index in [0.717, 1.165) is 29.8 Å². The number of methoxy groups -OCH3 is 1. The number of rotatable bonds is 8. The maximum absolute atomic E-state index is 12.6. The Morgan fingerprint density at radius 3 is 2.35 bits per heavy atom. The molecule has 1 heterocycles. The number of alkyl halides is 2. The minimum absolute atomic E-state index is 0.0173. The maximum atomic E-state index is 12.6. The van der Waals surface area contributed by atoms with Crippen LogP contribution in [0.4, 0.5) is 14.5 Å². The Kier molecular flexibility index (Phi) is 7.64. The van der Waals surface area contributed by atoms with E-state index in [4.69, 9.17) is 4.74 Å². The van der Waals surface area contributed by atoms with Gasteiger partial charge in [-0.25, -0.2) is 0 Å². The van der Waals surface area contributed by atoms with Crippen LogP contribution in [0, 0.1) is 0 Å². The number of ether oxygens (including phenoxy) is 2. The van der Waals surface area contributed by atoms with Gasteiger partial charge in [-0.15, -0.1) is 0 Å². The van der Waals surface area contributed by atoms with Crippen molar-refractivity contribution in [2.45, 2.75) is 32.5 Å². The first-order valence-electron chi connectivity index (χ1n) is 9.95. The third kappa shape index (κ3) is 6.07. The van der Waals surface area contributed by atoms with Gasteiger partial charge < -0.3 is 25.0 Å². The number of benzene rings is 2. The molecule has 1 saturated heterocycles. The van der Waals surface area contributed by atoms with Crippen LogP contribution in [0.15, 0.2) is 47.5 Å². The van der Waals surface area contributed by atoms with Gasteiger partial charge in [0.2, 0.25) is 5.91 Å². The van der Waals surface area contributed by atoms with Gasteiger partial charge in [0.05, 0.1) is 7.11 Å². The zero-order valence-corrected chi connectivity index (χ0v) is 17.5. The predicted molar refractivity (Wildman–Crippen MR) is 115 cm³/mol. The summed E-state index contributed by atoms with van der Waals surface area (Å²) in [6, 6.07) is 12.7. The molecule has 0 aliphatic carbocycles. The van der Waals surface area contributed by atoms with Crippen molar-refractivity contribution in [3.8, 4) is 11.5 Å². The second-order valence-electron chi connectivity index (χ2n) is 6.96. The minimum atomic E-state index is -2.93. The smallest absolute Gasteiger partial charge is 0.387 e. The van der Waals surface area contributed by atoms with Crippen molar-refractivity contribution >= 4 is 17.6 Å². The summed E-state index contributed by atoms with van der Waals surface area (Å²) in [7, 11) is 3.05. The van der Waals surface area contributed by atoms with E-state index in [2.05, 4.69) is 20.4 Å². The highest BCUT2D eigenvalue weighted by Gasteiger charge is 2.21. The summed E-state index contributed by atoms with van der Waals surface area (Å²) in [5.41, 5.74) is 2.68. The Hall–Kier alpha value is -3.36. The SMILES string of the molecule is CN=C(NCc1ccc(N2CCCC2=O)cc1)NCc1ccc(OC)c(OC(F)F)c1. The van der Waals surface area contributed by atoms with E-state index in [-0.39, 0.29) is 17.4 Å². The van der Waals surface area contributed by atoms with Crippen molar-refractivity contribution in [1.29, 1.82) is 0 Å². The van der Waals surface area contributed by atoms with Gasteiger partial charge in [0, 0.05) is 38.8 Å². The third-order valence-electron chi connectivity index (χ3n) is 4.91. The number of anilines is 1. The lowest BCUT2D eigenvalue weighted by Gasteiger charge is -2.17. The van der Waals surface area contributed by atoms with E-state index in [9.17, 15) is 13.6 Å². The van der Waals surface area contributed by atoms with E-state index in [1.807, 2.05) is 24.3 Å². The van der Waals surface area contributed by atoms with Crippen LogP contribution in [0.3, 0.4) is 0 Å². The van der Waals surface area contributed by atoms with Crippen molar-refractivity contribution in [2.75, 3.05) is 25.6 Å². The molecule has 0 aromatic heterocycles. The largest absolute Gasteiger partial charge is 0.493 e. The normalized spacial score (nSPS) is 14.2. The Labute approximate surface area is 180 Å². The molecule has 1 fully saturated rings. The van der Waals surface area contributed by atoms with Gasteiger partial charge >= 0.3 is 6.61 Å². The van der Waals surface area contributed by atoms with Crippen molar-refractivity contribution in [2.24, 2.45) is 4.99 Å². The minimum Gasteiger partial charge on any atom is -0.493 e. The highest BCUT2D eigenvalue weighted by molar-refractivity contribution is 5.95. The number of aliphatic imine (C=N–C) groups is 1. The number of nitrogens with one attached hydrogen (secondary N) is 2. The number of carbonyl (C=O) groups excluding carboxylic acids is 1. The molecule has 3 rings (SSSR count). The average molecular weight is 432 g/mol. The summed E-state index contributed by atoms with van der Waals surface area (Å²) in [6.07, 6.45) is 1.50. The Bertz CT molecular complexity index is 919. The molecule has 0 spiro atoms. The molecule has 166 valence electrons. The maximum Gasteiger partial charge on any atom is 0.387 e. The first-order valence-corrected chi connectivity index (χ1v) is 9.95. The zero-order valence-electron chi connectivity index (χ0n) is 17.5. The molecule has 0 atom stereocenters. The van der Waals surface area contributed by atoms with Crippen molar-refractivity contribution in [1.82, 2.24) is 10.6 Å². The van der Waals surface area contributed by atoms with Crippen LogP contribution in [0.1, 0.15) is 24.0 Å². The Morgan fingerprint density at radius 2 is 1.77 bits per heavy atom. The summed E-state index contributed by atoms with van der Waals surface area (Å²) in [6.45, 7) is -1.26. The first-order chi connectivity index (χ1) is 15.0. The lowest BCUT2D eigenvalue weighted by atomic mass is 10.2. The number of amides is 1. The summed E-state index contributed by atoms with van der Waals surface area (Å²) >= 11 is 0. The summed E-state index contributed by atoms with van der Waals surface area (Å²) in [4.78, 5) is 17.8. The second kappa shape index (κ2) is 10.6. The number of guanidine groups is 1. The number of carbonyl (C=O) groups is 1. The van der Waals surface area contributed by atoms with Crippen LogP contribution in [-0.2, 0) is 17.9 Å². The summed E-state index contributed by atoms with van der Waals surface area (Å²) in [5, 5.41) is 6.34. The Balaban J connectivity index is 1.53. The summed E-state index contributed by atoms with van der Waals surface area (Å²) in [5.74, 6) is 0.948. The third-order valence-corrected chi connectivity index (χ3v) is 4.91. The van der Waals surface area contributed by atoms with E-state index in [1.54, 1.807) is 24.1 Å². The van der Waals surface area contributed by atoms with Gasteiger partial charge in [0.15, 0.2) is 17.5 Å². The Morgan fingerprint density at radius 1 is 1.10 bits per heavy atom. The number of nitrogens with zero attached hydrogens (tertiary/aromatic N) is 2. The van der Waals surface area contributed by atoms with Gasteiger partial charge in [-0.2, -0.15) is 8.78 Å². The van der Waals surface area contributed by atoms with E-state index in [1.165, 1.54) is 13.2 Å². The van der Waals surface area contributed by atoms with Crippen molar-refractivity contribution in [3.05, 3.63) is 53.6 Å². The van der Waals surface area contributed by atoms with Crippen LogP contribution in [0.5, 0.6) is 11.5 Å². The summed E-state index contributed by atoms with van der Waals surface area (Å²) < 4.78 is 34.7. The van der Waals surface area contributed by atoms with Crippen molar-refractivity contribution in [3.63, 3.8) is 0 Å². The number of halogens is 2. The molecule has 2 N–H and O–H groups in total. The number of hydrogen-bond donors (Lipinski definition) is 2. The lowest BCUT2D eigenvalue weighted by molar-refractivity contribution is -0.117. The molecule has 2 aromatic rings. The van der Waals surface area contributed by atoms with E-state index < -0.39 is 6.61 Å². The molecular weight excluding hydrogens is 406 g/mol. The molecule has 7 nitrogen and oxygen atoms in total. The molecule has 0 bridgehead atoms. The fourth-order valence-corrected chi connectivity index (χ4v) is 3.33. The first kappa shape index (κ1) is 22.3. The van der Waals surface area contributed by atoms with Gasteiger partial charge in [-0.05, 0) is 41.8 Å². The molecule has 1 aliphatic rings. The molecule has 0 saturated carbocycles. The predicted octanol–water partition coefficient (Wildman–Crippen LogP) is 3.29. The van der Waals surface area contributed by atoms with Crippen LogP contribution in [-0.4, -0.2) is 39.2 Å². The molecule has 9 heteroatoms. The molecule has 2 aromatic carbocycles. The molecule has 1 amide bonds. The fraction of sp³-hybridized carbons (Fsp3) is 0.364. The molecule has 0 unspecified atom stereocenters. The van der Waals surface area contributed by atoms with Crippen molar-refractivity contribution < 1.29 is 23.0 Å². The highest BCUT2D eigenvalue weighted by atomic mass is 19.3. The van der Waals surface area contributed by atoms with Crippen LogP contribution >= 0.6 is 0 Å². The topological polar surface area (TPSA) is 75.2 Å². The van der Waals surface area contributed by atoms with Gasteiger partial charge in [-0.3, -0.25) is 9.79 Å². The zero-order chi connectivity index (χ0) is 22.2. The molecular formula is C22H26F2N4O3. The van der Waals surface area contributed by atoms with Crippen LogP contribution in [0.25, 0.3) is 0 Å². The molecule has 31 heavy (non-hydrogen) atoms. The highest BCUT2D eigenvalue weighted by Crippen LogP contribution is 2.29. The quantitative estimate of drug-likeness (QED) is 0.495. The monoisotopic (exact) mass is 432 g/mol. The second-order valence-corrected chi connectivity index (χ2v) is 6.96. The number of hydrogen-bond acceptors (Lipinski definition) is 4. The molecule has 0 radical (unpaired) electrons. The van der Waals surface area contributed by atoms with Gasteiger partial charge in [-0.1, -0.05) is 18.2 Å². The van der Waals surface area contributed by atoms with Crippen LogP contribution < -0.4 is 25.0 Å². The standard InChI is InChI=1S/C22H26F2N4O3/c1-25-22(27-14-16-7-10-18(30-2)19(12-16)31-21(23)24)26-13-15-5-8-17(9-6-15)28-11-3-4-20(28)29/h5-10,12,21H,3-4,11,13-14H2,1-2H3,(H2,25,26,27). The van der Waals surface area contributed by atoms with E-state index in [0.29, 0.717) is 25.5 Å². The van der Waals surface area contributed by atoms with Crippen LogP contribution in [0.2, 0.25) is 0 Å².